The van der Waals surface area contributed by atoms with Crippen LogP contribution < -0.4 is 4.74 Å². The van der Waals surface area contributed by atoms with Crippen molar-refractivity contribution in [1.29, 1.82) is 0 Å². The predicted molar refractivity (Wildman–Crippen MR) is 66.3 cm³/mol. The molecule has 16 heavy (non-hydrogen) atoms. The van der Waals surface area contributed by atoms with Crippen molar-refractivity contribution in [2.45, 2.75) is 6.92 Å². The Labute approximate surface area is 106 Å². The van der Waals surface area contributed by atoms with Crippen LogP contribution >= 0.6 is 27.5 Å². The van der Waals surface area contributed by atoms with Gasteiger partial charge in [-0.2, -0.15) is 0 Å². The zero-order valence-corrected chi connectivity index (χ0v) is 11.0. The van der Waals surface area contributed by atoms with Gasteiger partial charge in [0.25, 0.3) is 0 Å². The lowest BCUT2D eigenvalue weighted by Gasteiger charge is -2.06. The molecule has 6 heteroatoms. The standard InChI is InChI=1S/C10H9BrClNO3/c1-6(13(14)15)3-7-4-9(12)8(11)5-10(7)16-2/h3-5H,1-2H3/b6-3+. The first-order valence-corrected chi connectivity index (χ1v) is 5.48. The van der Waals surface area contributed by atoms with E-state index in [1.807, 2.05) is 0 Å². The quantitative estimate of drug-likeness (QED) is 0.631. The molecule has 86 valence electrons. The molecule has 0 aliphatic carbocycles. The molecule has 0 heterocycles. The van der Waals surface area contributed by atoms with Gasteiger partial charge in [0.2, 0.25) is 5.70 Å². The van der Waals surface area contributed by atoms with Crippen molar-refractivity contribution in [1.82, 2.24) is 0 Å². The first kappa shape index (κ1) is 13.0. The van der Waals surface area contributed by atoms with Crippen molar-refractivity contribution in [2.75, 3.05) is 7.11 Å². The highest BCUT2D eigenvalue weighted by molar-refractivity contribution is 9.10. The van der Waals surface area contributed by atoms with Crippen LogP contribution in [0.2, 0.25) is 5.02 Å². The van der Waals surface area contributed by atoms with Gasteiger partial charge in [0.1, 0.15) is 5.75 Å². The Morgan fingerprint density at radius 3 is 2.75 bits per heavy atom. The van der Waals surface area contributed by atoms with E-state index in [9.17, 15) is 10.1 Å². The van der Waals surface area contributed by atoms with Gasteiger partial charge in [-0.1, -0.05) is 11.6 Å². The third kappa shape index (κ3) is 2.96. The Bertz CT molecular complexity index is 460. The molecule has 0 atom stereocenters. The lowest BCUT2D eigenvalue weighted by atomic mass is 10.1. The molecular formula is C10H9BrClNO3. The zero-order valence-electron chi connectivity index (χ0n) is 8.66. The van der Waals surface area contributed by atoms with E-state index in [2.05, 4.69) is 15.9 Å². The molecule has 0 fully saturated rings. The van der Waals surface area contributed by atoms with E-state index in [1.54, 1.807) is 12.1 Å². The second kappa shape index (κ2) is 5.32. The fraction of sp³-hybridized carbons (Fsp3) is 0.200. The Morgan fingerprint density at radius 1 is 1.62 bits per heavy atom. The number of hydrogen-bond acceptors (Lipinski definition) is 3. The SMILES string of the molecule is COc1cc(Br)c(Cl)cc1/C=C(\C)[N+](=O)[O-]. The van der Waals surface area contributed by atoms with Gasteiger partial charge in [-0.05, 0) is 28.1 Å². The number of methoxy groups -OCH3 is 1. The minimum atomic E-state index is -0.463. The van der Waals surface area contributed by atoms with E-state index in [0.29, 0.717) is 20.8 Å². The number of hydrogen-bond donors (Lipinski definition) is 0. The molecule has 1 aromatic rings. The second-order valence-corrected chi connectivity index (χ2v) is 4.31. The van der Waals surface area contributed by atoms with Crippen molar-refractivity contribution < 1.29 is 9.66 Å². The summed E-state index contributed by atoms with van der Waals surface area (Å²) in [6, 6.07) is 3.28. The molecular weight excluding hydrogens is 297 g/mol. The van der Waals surface area contributed by atoms with E-state index in [-0.39, 0.29) is 5.70 Å². The average Bonchev–Trinajstić information content (AvgIpc) is 2.22. The van der Waals surface area contributed by atoms with E-state index in [0.717, 1.165) is 0 Å². The molecule has 0 N–H and O–H groups in total. The summed E-state index contributed by atoms with van der Waals surface area (Å²) in [6.07, 6.45) is 1.41. The van der Waals surface area contributed by atoms with Crippen LogP contribution in [0.4, 0.5) is 0 Å². The summed E-state index contributed by atoms with van der Waals surface area (Å²) >= 11 is 9.15. The van der Waals surface area contributed by atoms with Crippen LogP contribution in [-0.4, -0.2) is 12.0 Å². The molecule has 4 nitrogen and oxygen atoms in total. The molecule has 0 aliphatic rings. The maximum atomic E-state index is 10.5. The number of nitrogens with zero attached hydrogens (tertiary/aromatic N) is 1. The third-order valence-electron chi connectivity index (χ3n) is 1.93. The lowest BCUT2D eigenvalue weighted by Crippen LogP contribution is -1.94. The molecule has 0 aromatic heterocycles. The molecule has 0 amide bonds. The highest BCUT2D eigenvalue weighted by Crippen LogP contribution is 2.32. The third-order valence-corrected chi connectivity index (χ3v) is 3.12. The summed E-state index contributed by atoms with van der Waals surface area (Å²) in [4.78, 5) is 10.0. The van der Waals surface area contributed by atoms with Gasteiger partial charge < -0.3 is 4.74 Å². The van der Waals surface area contributed by atoms with E-state index in [1.165, 1.54) is 20.1 Å². The molecule has 1 rings (SSSR count). The minimum absolute atomic E-state index is 0.0247. The average molecular weight is 307 g/mol. The number of halogens is 2. The van der Waals surface area contributed by atoms with Crippen molar-refractivity contribution >= 4 is 33.6 Å². The van der Waals surface area contributed by atoms with Crippen LogP contribution in [0.15, 0.2) is 22.3 Å². The highest BCUT2D eigenvalue weighted by atomic mass is 79.9. The van der Waals surface area contributed by atoms with E-state index in [4.69, 9.17) is 16.3 Å². The summed E-state index contributed by atoms with van der Waals surface area (Å²) in [5.74, 6) is 0.525. The van der Waals surface area contributed by atoms with Crippen LogP contribution in [0.3, 0.4) is 0 Å². The fourth-order valence-electron chi connectivity index (χ4n) is 1.11. The smallest absolute Gasteiger partial charge is 0.243 e. The number of ether oxygens (including phenoxy) is 1. The molecule has 0 spiro atoms. The maximum Gasteiger partial charge on any atom is 0.243 e. The predicted octanol–water partition coefficient (Wildman–Crippen LogP) is 3.75. The van der Waals surface area contributed by atoms with Gasteiger partial charge in [-0.15, -0.1) is 0 Å². The zero-order chi connectivity index (χ0) is 12.3. The fourth-order valence-corrected chi connectivity index (χ4v) is 1.61. The summed E-state index contributed by atoms with van der Waals surface area (Å²) < 4.78 is 5.79. The van der Waals surface area contributed by atoms with Crippen molar-refractivity contribution in [2.24, 2.45) is 0 Å². The van der Waals surface area contributed by atoms with E-state index < -0.39 is 4.92 Å². The minimum Gasteiger partial charge on any atom is -0.496 e. The monoisotopic (exact) mass is 305 g/mol. The van der Waals surface area contributed by atoms with Crippen LogP contribution in [0.5, 0.6) is 5.75 Å². The number of benzene rings is 1. The topological polar surface area (TPSA) is 52.4 Å². The summed E-state index contributed by atoms with van der Waals surface area (Å²) in [5, 5.41) is 11.0. The number of rotatable bonds is 3. The van der Waals surface area contributed by atoms with Crippen LogP contribution in [-0.2, 0) is 0 Å². The molecule has 0 radical (unpaired) electrons. The Kier molecular flexibility index (Phi) is 4.32. The van der Waals surface area contributed by atoms with Gasteiger partial charge in [0.05, 0.1) is 17.1 Å². The molecule has 0 aliphatic heterocycles. The Balaban J connectivity index is 3.27. The van der Waals surface area contributed by atoms with Crippen molar-refractivity contribution in [3.05, 3.63) is 43.0 Å². The molecule has 0 saturated carbocycles. The van der Waals surface area contributed by atoms with E-state index >= 15 is 0 Å². The highest BCUT2D eigenvalue weighted by Gasteiger charge is 2.09. The lowest BCUT2D eigenvalue weighted by molar-refractivity contribution is -0.422. The number of allylic oxidation sites excluding steroid dienone is 1. The summed E-state index contributed by atoms with van der Waals surface area (Å²) in [7, 11) is 1.49. The number of nitro groups is 1. The largest absolute Gasteiger partial charge is 0.496 e. The Morgan fingerprint density at radius 2 is 2.25 bits per heavy atom. The van der Waals surface area contributed by atoms with Gasteiger partial charge >= 0.3 is 0 Å². The van der Waals surface area contributed by atoms with Gasteiger partial charge in [-0.25, -0.2) is 0 Å². The maximum absolute atomic E-state index is 10.5. The summed E-state index contributed by atoms with van der Waals surface area (Å²) in [6.45, 7) is 1.41. The normalized spacial score (nSPS) is 11.4. The van der Waals surface area contributed by atoms with Gasteiger partial charge in [0.15, 0.2) is 0 Å². The van der Waals surface area contributed by atoms with Crippen LogP contribution in [0, 0.1) is 10.1 Å². The first-order chi connectivity index (χ1) is 7.45. The first-order valence-electron chi connectivity index (χ1n) is 4.31. The molecule has 1 aromatic carbocycles. The second-order valence-electron chi connectivity index (χ2n) is 3.05. The molecule has 0 saturated heterocycles. The van der Waals surface area contributed by atoms with Crippen LogP contribution in [0.1, 0.15) is 12.5 Å². The molecule has 0 unspecified atom stereocenters. The van der Waals surface area contributed by atoms with Gasteiger partial charge in [0, 0.05) is 23.0 Å². The van der Waals surface area contributed by atoms with Crippen molar-refractivity contribution in [3.63, 3.8) is 0 Å². The van der Waals surface area contributed by atoms with Gasteiger partial charge in [-0.3, -0.25) is 10.1 Å². The van der Waals surface area contributed by atoms with Crippen molar-refractivity contribution in [3.8, 4) is 5.75 Å². The Hall–Kier alpha value is -1.07. The van der Waals surface area contributed by atoms with Crippen LogP contribution in [0.25, 0.3) is 6.08 Å². The summed E-state index contributed by atoms with van der Waals surface area (Å²) in [5.41, 5.74) is 0.599. The molecule has 0 bridgehead atoms.